The molecule has 2 unspecified atom stereocenters. The van der Waals surface area contributed by atoms with Crippen LogP contribution in [-0.4, -0.2) is 78.6 Å². The molecule has 1 aliphatic heterocycles. The summed E-state index contributed by atoms with van der Waals surface area (Å²) in [7, 11) is -4.53. The van der Waals surface area contributed by atoms with E-state index in [4.69, 9.17) is 25.5 Å². The summed E-state index contributed by atoms with van der Waals surface area (Å²) in [6.45, 7) is 5.52. The predicted octanol–water partition coefficient (Wildman–Crippen LogP) is -0.913. The van der Waals surface area contributed by atoms with Gasteiger partial charge in [-0.05, 0) is 27.7 Å². The minimum atomic E-state index is -4.53. The van der Waals surface area contributed by atoms with E-state index in [1.807, 2.05) is 0 Å². The molecule has 8 N–H and O–H groups in total. The number of amides is 1. The minimum Gasteiger partial charge on any atom is -0.462 e. The van der Waals surface area contributed by atoms with Crippen LogP contribution < -0.4 is 16.6 Å². The van der Waals surface area contributed by atoms with Gasteiger partial charge in [0.1, 0.15) is 41.6 Å². The highest BCUT2D eigenvalue weighted by atomic mass is 31.2. The number of ether oxygens (including phenoxy) is 2. The fraction of sp³-hybridized carbons (Fsp3) is 0.579. The molecule has 1 fully saturated rings. The van der Waals surface area contributed by atoms with Crippen LogP contribution in [0.3, 0.4) is 0 Å². The van der Waals surface area contributed by atoms with Gasteiger partial charge in [-0.2, -0.15) is 0 Å². The second-order valence-electron chi connectivity index (χ2n) is 8.37. The molecule has 0 bridgehead atoms. The summed E-state index contributed by atoms with van der Waals surface area (Å²) in [6, 6.07) is -1.16. The molecule has 0 aromatic carbocycles. The van der Waals surface area contributed by atoms with Gasteiger partial charge in [-0.15, -0.1) is 0 Å². The van der Waals surface area contributed by atoms with Gasteiger partial charge in [0.15, 0.2) is 6.23 Å². The van der Waals surface area contributed by atoms with Crippen LogP contribution in [0.25, 0.3) is 11.0 Å². The summed E-state index contributed by atoms with van der Waals surface area (Å²) in [6.07, 6.45) is -4.77. The van der Waals surface area contributed by atoms with E-state index in [0.717, 1.165) is 0 Å². The quantitative estimate of drug-likeness (QED) is 0.175. The lowest BCUT2D eigenvalue weighted by atomic mass is 10.1. The molecule has 0 radical (unpaired) electrons. The molecule has 0 aliphatic carbocycles. The van der Waals surface area contributed by atoms with Crippen molar-refractivity contribution in [1.29, 1.82) is 0 Å². The smallest absolute Gasteiger partial charge is 0.403 e. The lowest BCUT2D eigenvalue weighted by Crippen LogP contribution is -2.37. The third-order valence-electron chi connectivity index (χ3n) is 5.16. The predicted molar refractivity (Wildman–Crippen MR) is 121 cm³/mol. The molecule has 1 amide bonds. The lowest BCUT2D eigenvalue weighted by molar-refractivity contribution is -0.149. The Morgan fingerprint density at radius 1 is 1.29 bits per heavy atom. The molecule has 0 saturated carbocycles. The molecule has 15 nitrogen and oxygen atoms in total. The molecule has 35 heavy (non-hydrogen) atoms. The number of nitrogens with one attached hydrogen (secondary N) is 1. The molecule has 2 aromatic rings. The Morgan fingerprint density at radius 2 is 1.94 bits per heavy atom. The fourth-order valence-corrected chi connectivity index (χ4v) is 4.63. The maximum absolute atomic E-state index is 12.4. The zero-order valence-corrected chi connectivity index (χ0v) is 20.4. The van der Waals surface area contributed by atoms with E-state index in [2.05, 4.69) is 15.1 Å². The minimum absolute atomic E-state index is 0.00891. The molecule has 0 spiro atoms. The van der Waals surface area contributed by atoms with Gasteiger partial charge in [-0.25, -0.2) is 19.6 Å². The van der Waals surface area contributed by atoms with Crippen molar-refractivity contribution in [2.24, 2.45) is 5.73 Å². The first-order valence-electron chi connectivity index (χ1n) is 10.6. The second-order valence-corrected chi connectivity index (χ2v) is 9.93. The number of carbonyl (C=O) groups is 2. The van der Waals surface area contributed by atoms with E-state index >= 15 is 0 Å². The van der Waals surface area contributed by atoms with Crippen LogP contribution in [-0.2, 0) is 23.4 Å². The number of nitrogens with zero attached hydrogens (tertiary/aromatic N) is 3. The number of nitrogen functional groups attached to an aromatic ring is 1. The number of rotatable bonds is 9. The van der Waals surface area contributed by atoms with Gasteiger partial charge in [0, 0.05) is 6.20 Å². The Balaban J connectivity index is 1.77. The van der Waals surface area contributed by atoms with Gasteiger partial charge in [-0.1, -0.05) is 0 Å². The average Bonchev–Trinajstić information content (AvgIpc) is 3.24. The maximum Gasteiger partial charge on any atom is 0.403 e. The molecule has 1 aliphatic rings. The van der Waals surface area contributed by atoms with Crippen molar-refractivity contribution < 1.29 is 43.3 Å². The summed E-state index contributed by atoms with van der Waals surface area (Å²) < 4.78 is 29.3. The van der Waals surface area contributed by atoms with Crippen molar-refractivity contribution in [3.63, 3.8) is 0 Å². The van der Waals surface area contributed by atoms with E-state index in [1.165, 1.54) is 17.7 Å². The highest BCUT2D eigenvalue weighted by Gasteiger charge is 2.45. The SMILES string of the molecule is Cc1nc(N)c2c(C(N)=O)cn(C3O[C@H](COP(=O)(O)N[C@@H](C)C(=O)OC(C)C)[C@@H](O)[C@H]3O)c2n1. The van der Waals surface area contributed by atoms with E-state index < -0.39 is 62.9 Å². The zero-order valence-electron chi connectivity index (χ0n) is 19.5. The van der Waals surface area contributed by atoms with Crippen molar-refractivity contribution in [2.45, 2.75) is 64.4 Å². The number of fused-ring (bicyclic) bond motifs is 1. The monoisotopic (exact) mass is 516 g/mol. The van der Waals surface area contributed by atoms with Crippen LogP contribution >= 0.6 is 7.75 Å². The molecule has 16 heteroatoms. The Labute approximate surface area is 200 Å². The number of carbonyl (C=O) groups excluding carboxylic acids is 2. The van der Waals surface area contributed by atoms with Crippen LogP contribution in [0.2, 0.25) is 0 Å². The number of nitrogens with two attached hydrogens (primary N) is 2. The first-order valence-corrected chi connectivity index (χ1v) is 12.2. The maximum atomic E-state index is 12.4. The number of anilines is 1. The Morgan fingerprint density at radius 3 is 2.54 bits per heavy atom. The van der Waals surface area contributed by atoms with Gasteiger partial charge < -0.3 is 40.6 Å². The van der Waals surface area contributed by atoms with Gasteiger partial charge in [-0.3, -0.25) is 14.1 Å². The number of primary amides is 1. The van der Waals surface area contributed by atoms with Gasteiger partial charge in [0.2, 0.25) is 0 Å². The summed E-state index contributed by atoms with van der Waals surface area (Å²) in [4.78, 5) is 42.1. The summed E-state index contributed by atoms with van der Waals surface area (Å²) >= 11 is 0. The van der Waals surface area contributed by atoms with E-state index in [-0.39, 0.29) is 28.2 Å². The third kappa shape index (κ3) is 5.78. The highest BCUT2D eigenvalue weighted by molar-refractivity contribution is 7.50. The average molecular weight is 516 g/mol. The Hall–Kier alpha value is -2.65. The normalized spacial score (nSPS) is 25.0. The zero-order chi connectivity index (χ0) is 26.2. The Bertz CT molecular complexity index is 1170. The van der Waals surface area contributed by atoms with Crippen molar-refractivity contribution >= 4 is 36.5 Å². The van der Waals surface area contributed by atoms with Crippen molar-refractivity contribution in [1.82, 2.24) is 19.6 Å². The molecular weight excluding hydrogens is 487 g/mol. The van der Waals surface area contributed by atoms with Gasteiger partial charge >= 0.3 is 13.7 Å². The fourth-order valence-electron chi connectivity index (χ4n) is 3.61. The number of esters is 1. The van der Waals surface area contributed by atoms with Gasteiger partial charge in [0.05, 0.1) is 23.7 Å². The van der Waals surface area contributed by atoms with Gasteiger partial charge in [0.25, 0.3) is 5.91 Å². The van der Waals surface area contributed by atoms with Crippen molar-refractivity contribution in [3.8, 4) is 0 Å². The third-order valence-corrected chi connectivity index (χ3v) is 6.38. The van der Waals surface area contributed by atoms with Crippen LogP contribution in [0.1, 0.15) is 43.2 Å². The first-order chi connectivity index (χ1) is 16.2. The number of hydrogen-bond acceptors (Lipinski definition) is 11. The second kappa shape index (κ2) is 10.1. The molecule has 6 atom stereocenters. The van der Waals surface area contributed by atoms with Crippen LogP contribution in [0.5, 0.6) is 0 Å². The first kappa shape index (κ1) is 26.9. The van der Waals surface area contributed by atoms with Crippen LogP contribution in [0.4, 0.5) is 5.82 Å². The largest absolute Gasteiger partial charge is 0.462 e. The number of hydrogen-bond donors (Lipinski definition) is 6. The van der Waals surface area contributed by atoms with Crippen molar-refractivity contribution in [3.05, 3.63) is 17.6 Å². The molecule has 1 saturated heterocycles. The molecule has 3 heterocycles. The highest BCUT2D eigenvalue weighted by Crippen LogP contribution is 2.40. The number of aliphatic hydroxyl groups excluding tert-OH is 2. The summed E-state index contributed by atoms with van der Waals surface area (Å²) in [5.74, 6) is -1.31. The molecule has 3 rings (SSSR count). The van der Waals surface area contributed by atoms with Crippen LogP contribution in [0.15, 0.2) is 6.20 Å². The summed E-state index contributed by atoms with van der Waals surface area (Å²) in [5, 5.41) is 23.4. The van der Waals surface area contributed by atoms with Crippen molar-refractivity contribution in [2.75, 3.05) is 12.3 Å². The molecular formula is C19H29N6O9P. The lowest BCUT2D eigenvalue weighted by Gasteiger charge is -2.21. The summed E-state index contributed by atoms with van der Waals surface area (Å²) in [5.41, 5.74) is 11.5. The van der Waals surface area contributed by atoms with E-state index in [1.54, 1.807) is 20.8 Å². The Kier molecular flexibility index (Phi) is 7.81. The van der Waals surface area contributed by atoms with Crippen LogP contribution in [0, 0.1) is 6.92 Å². The molecule has 194 valence electrons. The molecule has 2 aromatic heterocycles. The number of aromatic nitrogens is 3. The standard InChI is InChI=1S/C19H29N6O9P/c1-7(2)33-19(29)8(3)24-35(30,31)32-6-11-13(26)14(27)18(34-11)25-5-10(16(21)28)12-15(20)22-9(4)23-17(12)25/h5,7-8,11,13-14,18,26-27H,6H2,1-4H3,(H2,21,28)(H2,20,22,23)(H2,24,30,31)/t8-,11+,13+,14+,18?/m0/s1. The topological polar surface area (TPSA) is 234 Å². The van der Waals surface area contributed by atoms with E-state index in [0.29, 0.717) is 0 Å². The number of aliphatic hydroxyl groups is 2. The van der Waals surface area contributed by atoms with E-state index in [9.17, 15) is 29.3 Å². The number of aryl methyl sites for hydroxylation is 1.